The van der Waals surface area contributed by atoms with Crippen LogP contribution in [0.2, 0.25) is 0 Å². The summed E-state index contributed by atoms with van der Waals surface area (Å²) in [7, 11) is 0. The van der Waals surface area contributed by atoms with E-state index in [2.05, 4.69) is 32.4 Å². The lowest BCUT2D eigenvalue weighted by Crippen LogP contribution is -2.39. The molecular weight excluding hydrogens is 242 g/mol. The average molecular weight is 265 g/mol. The van der Waals surface area contributed by atoms with Crippen molar-refractivity contribution in [2.45, 2.75) is 13.3 Å². The predicted octanol–water partition coefficient (Wildman–Crippen LogP) is 1.04. The minimum absolute atomic E-state index is 0.846. The Morgan fingerprint density at radius 2 is 1.84 bits per heavy atom. The number of rotatable bonds is 7. The maximum atomic E-state index is 5.33. The molecule has 0 saturated carbocycles. The van der Waals surface area contributed by atoms with E-state index in [1.807, 2.05) is 6.07 Å². The van der Waals surface area contributed by atoms with Crippen LogP contribution < -0.4 is 10.6 Å². The van der Waals surface area contributed by atoms with Crippen molar-refractivity contribution in [2.75, 3.05) is 56.6 Å². The average Bonchev–Trinajstić information content (AvgIpc) is 2.47. The minimum Gasteiger partial charge on any atom is -0.379 e. The van der Waals surface area contributed by atoms with Crippen molar-refractivity contribution in [1.29, 1.82) is 0 Å². The van der Waals surface area contributed by atoms with E-state index in [1.54, 1.807) is 6.33 Å². The molecule has 19 heavy (non-hydrogen) atoms. The smallest absolute Gasteiger partial charge is 0.131 e. The number of morpholine rings is 1. The van der Waals surface area contributed by atoms with Crippen LogP contribution in [0.3, 0.4) is 0 Å². The summed E-state index contributed by atoms with van der Waals surface area (Å²) in [6.45, 7) is 8.72. The molecule has 106 valence electrons. The lowest BCUT2D eigenvalue weighted by atomic mass is 10.4. The van der Waals surface area contributed by atoms with Crippen LogP contribution in [-0.2, 0) is 4.74 Å². The van der Waals surface area contributed by atoms with Gasteiger partial charge in [-0.1, -0.05) is 6.92 Å². The molecule has 1 aromatic heterocycles. The second-order valence-electron chi connectivity index (χ2n) is 4.60. The zero-order valence-electron chi connectivity index (χ0n) is 11.6. The Labute approximate surface area is 114 Å². The Kier molecular flexibility index (Phi) is 5.84. The molecule has 0 amide bonds. The molecule has 2 heterocycles. The lowest BCUT2D eigenvalue weighted by molar-refractivity contribution is 0.0398. The summed E-state index contributed by atoms with van der Waals surface area (Å²) < 4.78 is 5.33. The molecule has 1 saturated heterocycles. The lowest BCUT2D eigenvalue weighted by Gasteiger charge is -2.26. The Bertz CT molecular complexity index is 368. The first-order valence-electron chi connectivity index (χ1n) is 6.98. The van der Waals surface area contributed by atoms with Crippen LogP contribution in [0.5, 0.6) is 0 Å². The van der Waals surface area contributed by atoms with Gasteiger partial charge in [0, 0.05) is 38.8 Å². The van der Waals surface area contributed by atoms with Crippen LogP contribution in [0.25, 0.3) is 0 Å². The fourth-order valence-electron chi connectivity index (χ4n) is 1.97. The Balaban J connectivity index is 1.72. The number of ether oxygens (including phenoxy) is 1. The maximum absolute atomic E-state index is 5.33. The zero-order valence-corrected chi connectivity index (χ0v) is 11.6. The Hall–Kier alpha value is -1.40. The van der Waals surface area contributed by atoms with E-state index in [9.17, 15) is 0 Å². The highest BCUT2D eigenvalue weighted by Crippen LogP contribution is 2.08. The summed E-state index contributed by atoms with van der Waals surface area (Å²) >= 11 is 0. The van der Waals surface area contributed by atoms with E-state index < -0.39 is 0 Å². The zero-order chi connectivity index (χ0) is 13.3. The third kappa shape index (κ3) is 5.00. The van der Waals surface area contributed by atoms with Crippen molar-refractivity contribution in [3.8, 4) is 0 Å². The molecule has 6 heteroatoms. The molecule has 1 aliphatic heterocycles. The summed E-state index contributed by atoms with van der Waals surface area (Å²) in [5.41, 5.74) is 0. The van der Waals surface area contributed by atoms with Gasteiger partial charge in [0.25, 0.3) is 0 Å². The van der Waals surface area contributed by atoms with Crippen molar-refractivity contribution >= 4 is 11.6 Å². The van der Waals surface area contributed by atoms with E-state index >= 15 is 0 Å². The van der Waals surface area contributed by atoms with Gasteiger partial charge in [0.2, 0.25) is 0 Å². The SMILES string of the molecule is CCCNc1cc(NCCN2CCOCC2)ncn1. The standard InChI is InChI=1S/C13H23N5O/c1-2-3-14-12-10-13(17-11-16-12)15-4-5-18-6-8-19-9-7-18/h10-11H,2-9H2,1H3,(H2,14,15,16,17). The van der Waals surface area contributed by atoms with Gasteiger partial charge in [-0.25, -0.2) is 9.97 Å². The fraction of sp³-hybridized carbons (Fsp3) is 0.692. The fourth-order valence-corrected chi connectivity index (χ4v) is 1.97. The summed E-state index contributed by atoms with van der Waals surface area (Å²) in [4.78, 5) is 10.8. The van der Waals surface area contributed by atoms with Crippen LogP contribution in [0.1, 0.15) is 13.3 Å². The first-order chi connectivity index (χ1) is 9.38. The van der Waals surface area contributed by atoms with Gasteiger partial charge in [-0.2, -0.15) is 0 Å². The van der Waals surface area contributed by atoms with Crippen molar-refractivity contribution in [3.05, 3.63) is 12.4 Å². The number of nitrogens with zero attached hydrogens (tertiary/aromatic N) is 3. The van der Waals surface area contributed by atoms with Gasteiger partial charge in [-0.15, -0.1) is 0 Å². The highest BCUT2D eigenvalue weighted by Gasteiger charge is 2.09. The number of hydrogen-bond acceptors (Lipinski definition) is 6. The molecular formula is C13H23N5O. The largest absolute Gasteiger partial charge is 0.379 e. The third-order valence-corrected chi connectivity index (χ3v) is 3.06. The third-order valence-electron chi connectivity index (χ3n) is 3.06. The summed E-state index contributed by atoms with van der Waals surface area (Å²) in [6, 6.07) is 1.95. The highest BCUT2D eigenvalue weighted by molar-refractivity contribution is 5.46. The molecule has 0 spiro atoms. The quantitative estimate of drug-likeness (QED) is 0.768. The molecule has 1 fully saturated rings. The number of aromatic nitrogens is 2. The van der Waals surface area contributed by atoms with E-state index in [0.717, 1.165) is 64.0 Å². The van der Waals surface area contributed by atoms with Crippen LogP contribution in [-0.4, -0.2) is 60.8 Å². The number of hydrogen-bond donors (Lipinski definition) is 2. The van der Waals surface area contributed by atoms with Crippen LogP contribution in [0, 0.1) is 0 Å². The molecule has 0 atom stereocenters. The normalized spacial score (nSPS) is 16.3. The van der Waals surface area contributed by atoms with Gasteiger partial charge in [0.15, 0.2) is 0 Å². The van der Waals surface area contributed by atoms with E-state index in [4.69, 9.17) is 4.74 Å². The Morgan fingerprint density at radius 1 is 1.16 bits per heavy atom. The molecule has 1 aliphatic rings. The summed E-state index contributed by atoms with van der Waals surface area (Å²) in [5.74, 6) is 1.76. The van der Waals surface area contributed by atoms with E-state index in [0.29, 0.717) is 0 Å². The molecule has 2 rings (SSSR count). The van der Waals surface area contributed by atoms with Crippen LogP contribution in [0.4, 0.5) is 11.6 Å². The van der Waals surface area contributed by atoms with Crippen molar-refractivity contribution in [2.24, 2.45) is 0 Å². The molecule has 0 bridgehead atoms. The first kappa shape index (κ1) is 14.0. The van der Waals surface area contributed by atoms with E-state index in [-0.39, 0.29) is 0 Å². The van der Waals surface area contributed by atoms with Crippen molar-refractivity contribution in [3.63, 3.8) is 0 Å². The molecule has 0 unspecified atom stereocenters. The maximum Gasteiger partial charge on any atom is 0.131 e. The number of anilines is 2. The monoisotopic (exact) mass is 265 g/mol. The second-order valence-corrected chi connectivity index (χ2v) is 4.60. The van der Waals surface area contributed by atoms with Crippen LogP contribution in [0.15, 0.2) is 12.4 Å². The Morgan fingerprint density at radius 3 is 2.53 bits per heavy atom. The van der Waals surface area contributed by atoms with Gasteiger partial charge in [0.05, 0.1) is 13.2 Å². The van der Waals surface area contributed by atoms with Gasteiger partial charge >= 0.3 is 0 Å². The molecule has 2 N–H and O–H groups in total. The molecule has 0 aliphatic carbocycles. The van der Waals surface area contributed by atoms with Crippen molar-refractivity contribution in [1.82, 2.24) is 14.9 Å². The number of nitrogens with one attached hydrogen (secondary N) is 2. The van der Waals surface area contributed by atoms with Crippen molar-refractivity contribution < 1.29 is 4.74 Å². The molecule has 0 aromatic carbocycles. The second kappa shape index (κ2) is 7.91. The minimum atomic E-state index is 0.846. The first-order valence-corrected chi connectivity index (χ1v) is 6.98. The summed E-state index contributed by atoms with van der Waals surface area (Å²) in [5, 5.41) is 6.59. The topological polar surface area (TPSA) is 62.3 Å². The highest BCUT2D eigenvalue weighted by atomic mass is 16.5. The summed E-state index contributed by atoms with van der Waals surface area (Å²) in [6.07, 6.45) is 2.68. The predicted molar refractivity (Wildman–Crippen MR) is 76.6 cm³/mol. The van der Waals surface area contributed by atoms with Gasteiger partial charge in [0.1, 0.15) is 18.0 Å². The van der Waals surface area contributed by atoms with Gasteiger partial charge in [-0.05, 0) is 6.42 Å². The van der Waals surface area contributed by atoms with Gasteiger partial charge < -0.3 is 15.4 Å². The van der Waals surface area contributed by atoms with Crippen LogP contribution >= 0.6 is 0 Å². The molecule has 0 radical (unpaired) electrons. The van der Waals surface area contributed by atoms with E-state index in [1.165, 1.54) is 0 Å². The molecule has 1 aromatic rings. The molecule has 6 nitrogen and oxygen atoms in total. The van der Waals surface area contributed by atoms with Gasteiger partial charge in [-0.3, -0.25) is 4.90 Å².